The third-order valence-electron chi connectivity index (χ3n) is 3.24. The molecule has 24 heavy (non-hydrogen) atoms. The van der Waals surface area contributed by atoms with Crippen molar-refractivity contribution in [3.63, 3.8) is 0 Å². The summed E-state index contributed by atoms with van der Waals surface area (Å²) in [6.45, 7) is 2.00. The Morgan fingerprint density at radius 1 is 1.08 bits per heavy atom. The van der Waals surface area contributed by atoms with E-state index in [4.69, 9.17) is 0 Å². The fraction of sp³-hybridized carbons (Fsp3) is 0.167. The maximum absolute atomic E-state index is 11.7. The number of esters is 2. The first-order valence-corrected chi connectivity index (χ1v) is 7.21. The molecular weight excluding hydrogens is 308 g/mol. The summed E-state index contributed by atoms with van der Waals surface area (Å²) in [5, 5.41) is 2.85. The zero-order valence-corrected chi connectivity index (χ0v) is 13.7. The highest BCUT2D eigenvalue weighted by atomic mass is 16.5. The van der Waals surface area contributed by atoms with Crippen molar-refractivity contribution in [3.8, 4) is 11.3 Å². The van der Waals surface area contributed by atoms with Crippen molar-refractivity contribution in [2.24, 2.45) is 0 Å². The van der Waals surface area contributed by atoms with Crippen molar-refractivity contribution < 1.29 is 19.1 Å². The number of hydrogen-bond acceptors (Lipinski definition) is 6. The maximum atomic E-state index is 11.7. The summed E-state index contributed by atoms with van der Waals surface area (Å²) in [5.74, 6) is -1.31. The fourth-order valence-electron chi connectivity index (χ4n) is 2.01. The van der Waals surface area contributed by atoms with E-state index in [1.165, 1.54) is 14.2 Å². The minimum atomic E-state index is -0.662. The van der Waals surface area contributed by atoms with E-state index in [2.05, 4.69) is 19.8 Å². The molecule has 1 aromatic heterocycles. The quantitative estimate of drug-likeness (QED) is 0.672. The van der Waals surface area contributed by atoms with Gasteiger partial charge in [0.2, 0.25) is 0 Å². The zero-order valence-electron chi connectivity index (χ0n) is 13.7. The number of nitrogens with zero attached hydrogens (tertiary/aromatic N) is 1. The first kappa shape index (κ1) is 17.2. The van der Waals surface area contributed by atoms with Gasteiger partial charge in [-0.05, 0) is 36.8 Å². The van der Waals surface area contributed by atoms with Crippen LogP contribution in [0.3, 0.4) is 0 Å². The van der Waals surface area contributed by atoms with E-state index in [1.807, 2.05) is 31.2 Å². The Bertz CT molecular complexity index is 767. The highest BCUT2D eigenvalue weighted by Gasteiger charge is 2.12. The molecule has 0 amide bonds. The summed E-state index contributed by atoms with van der Waals surface area (Å²) in [6.07, 6.45) is 2.80. The molecule has 0 aliphatic carbocycles. The first-order valence-electron chi connectivity index (χ1n) is 7.21. The number of benzene rings is 1. The van der Waals surface area contributed by atoms with Crippen LogP contribution in [0.1, 0.15) is 5.56 Å². The lowest BCUT2D eigenvalue weighted by Crippen LogP contribution is -2.15. The summed E-state index contributed by atoms with van der Waals surface area (Å²) in [6, 6.07) is 11.2. The summed E-state index contributed by atoms with van der Waals surface area (Å²) >= 11 is 0. The van der Waals surface area contributed by atoms with Gasteiger partial charge in [0, 0.05) is 17.4 Å². The van der Waals surface area contributed by atoms with E-state index in [0.717, 1.165) is 22.9 Å². The maximum Gasteiger partial charge on any atom is 0.354 e. The second-order valence-electron chi connectivity index (χ2n) is 4.99. The summed E-state index contributed by atoms with van der Waals surface area (Å²) < 4.78 is 9.18. The van der Waals surface area contributed by atoms with Crippen molar-refractivity contribution in [1.29, 1.82) is 0 Å². The summed E-state index contributed by atoms with van der Waals surface area (Å²) in [7, 11) is 2.47. The average molecular weight is 326 g/mol. The topological polar surface area (TPSA) is 77.5 Å². The van der Waals surface area contributed by atoms with E-state index in [-0.39, 0.29) is 5.70 Å². The Kier molecular flexibility index (Phi) is 5.68. The molecular formula is C18H18N2O4. The van der Waals surface area contributed by atoms with Crippen LogP contribution in [-0.4, -0.2) is 31.1 Å². The van der Waals surface area contributed by atoms with E-state index < -0.39 is 11.9 Å². The minimum absolute atomic E-state index is 0.00854. The molecule has 0 aliphatic rings. The number of carbonyl (C=O) groups excluding carboxylic acids is 2. The van der Waals surface area contributed by atoms with Crippen LogP contribution in [0, 0.1) is 6.92 Å². The monoisotopic (exact) mass is 326 g/mol. The first-order chi connectivity index (χ1) is 11.5. The van der Waals surface area contributed by atoms with Crippen molar-refractivity contribution >= 4 is 17.6 Å². The molecule has 0 aliphatic heterocycles. The fourth-order valence-corrected chi connectivity index (χ4v) is 2.01. The number of pyridine rings is 1. The molecule has 0 spiro atoms. The molecule has 6 heteroatoms. The van der Waals surface area contributed by atoms with E-state index in [1.54, 1.807) is 18.3 Å². The number of ether oxygens (including phenoxy) is 2. The Hall–Kier alpha value is -3.15. The minimum Gasteiger partial charge on any atom is -0.466 e. The zero-order chi connectivity index (χ0) is 17.5. The van der Waals surface area contributed by atoms with Crippen molar-refractivity contribution in [1.82, 2.24) is 4.98 Å². The molecule has 0 atom stereocenters. The standard InChI is InChI=1S/C18H18N2O4/c1-12-8-9-19-15(10-12)13-4-6-14(7-5-13)20-16(18(22)24-3)11-17(21)23-2/h4-11,20H,1-3H3/b16-11+. The Morgan fingerprint density at radius 2 is 1.79 bits per heavy atom. The molecule has 1 heterocycles. The van der Waals surface area contributed by atoms with Gasteiger partial charge in [0.25, 0.3) is 0 Å². The molecule has 0 radical (unpaired) electrons. The number of rotatable bonds is 5. The lowest BCUT2D eigenvalue weighted by molar-refractivity contribution is -0.138. The molecule has 0 saturated carbocycles. The number of anilines is 1. The van der Waals surface area contributed by atoms with Crippen LogP contribution < -0.4 is 5.32 Å². The van der Waals surface area contributed by atoms with Gasteiger partial charge >= 0.3 is 11.9 Å². The molecule has 0 unspecified atom stereocenters. The third-order valence-corrected chi connectivity index (χ3v) is 3.24. The third kappa shape index (κ3) is 4.42. The number of methoxy groups -OCH3 is 2. The van der Waals surface area contributed by atoms with Gasteiger partial charge in [0.05, 0.1) is 26.0 Å². The van der Waals surface area contributed by atoms with Crippen LogP contribution in [0.25, 0.3) is 11.3 Å². The second kappa shape index (κ2) is 7.92. The van der Waals surface area contributed by atoms with Gasteiger partial charge in [-0.1, -0.05) is 12.1 Å². The largest absolute Gasteiger partial charge is 0.466 e. The van der Waals surface area contributed by atoms with Crippen LogP contribution in [0.2, 0.25) is 0 Å². The molecule has 124 valence electrons. The molecule has 0 bridgehead atoms. The summed E-state index contributed by atoms with van der Waals surface area (Å²) in [4.78, 5) is 27.4. The van der Waals surface area contributed by atoms with Gasteiger partial charge in [-0.15, -0.1) is 0 Å². The molecule has 0 fully saturated rings. The van der Waals surface area contributed by atoms with E-state index >= 15 is 0 Å². The number of nitrogens with one attached hydrogen (secondary N) is 1. The molecule has 2 aromatic rings. The molecule has 0 saturated heterocycles. The van der Waals surface area contributed by atoms with E-state index in [9.17, 15) is 9.59 Å². The van der Waals surface area contributed by atoms with Gasteiger partial charge in [-0.3, -0.25) is 4.98 Å². The van der Waals surface area contributed by atoms with E-state index in [0.29, 0.717) is 5.69 Å². The number of carbonyl (C=O) groups is 2. The normalized spacial score (nSPS) is 10.9. The molecule has 6 nitrogen and oxygen atoms in total. The smallest absolute Gasteiger partial charge is 0.354 e. The van der Waals surface area contributed by atoms with Gasteiger partial charge in [0.1, 0.15) is 5.70 Å². The van der Waals surface area contributed by atoms with Crippen LogP contribution >= 0.6 is 0 Å². The molecule has 1 N–H and O–H groups in total. The van der Waals surface area contributed by atoms with Crippen molar-refractivity contribution in [2.75, 3.05) is 19.5 Å². The van der Waals surface area contributed by atoms with Crippen molar-refractivity contribution in [2.45, 2.75) is 6.92 Å². The number of aryl methyl sites for hydroxylation is 1. The van der Waals surface area contributed by atoms with Gasteiger partial charge < -0.3 is 14.8 Å². The lowest BCUT2D eigenvalue weighted by atomic mass is 10.1. The number of aromatic nitrogens is 1. The van der Waals surface area contributed by atoms with Crippen LogP contribution in [0.4, 0.5) is 5.69 Å². The second-order valence-corrected chi connectivity index (χ2v) is 4.99. The van der Waals surface area contributed by atoms with Gasteiger partial charge in [-0.25, -0.2) is 9.59 Å². The molecule has 1 aromatic carbocycles. The Balaban J connectivity index is 2.21. The van der Waals surface area contributed by atoms with Crippen LogP contribution in [0.5, 0.6) is 0 Å². The van der Waals surface area contributed by atoms with Crippen molar-refractivity contribution in [3.05, 3.63) is 59.9 Å². The summed E-state index contributed by atoms with van der Waals surface area (Å²) in [5.41, 5.74) is 3.55. The lowest BCUT2D eigenvalue weighted by Gasteiger charge is -2.10. The van der Waals surface area contributed by atoms with Crippen LogP contribution in [-0.2, 0) is 19.1 Å². The Labute approximate surface area is 140 Å². The SMILES string of the molecule is COC(=O)/C=C(/Nc1ccc(-c2cc(C)ccn2)cc1)C(=O)OC. The number of hydrogen-bond donors (Lipinski definition) is 1. The predicted octanol–water partition coefficient (Wildman–Crippen LogP) is 2.70. The highest BCUT2D eigenvalue weighted by Crippen LogP contribution is 2.21. The predicted molar refractivity (Wildman–Crippen MR) is 90.1 cm³/mol. The van der Waals surface area contributed by atoms with Gasteiger partial charge in [-0.2, -0.15) is 0 Å². The Morgan fingerprint density at radius 3 is 2.38 bits per heavy atom. The van der Waals surface area contributed by atoms with Gasteiger partial charge in [0.15, 0.2) is 0 Å². The van der Waals surface area contributed by atoms with Crippen LogP contribution in [0.15, 0.2) is 54.4 Å². The average Bonchev–Trinajstić information content (AvgIpc) is 2.61. The highest BCUT2D eigenvalue weighted by molar-refractivity contribution is 5.98. The molecule has 2 rings (SSSR count).